The van der Waals surface area contributed by atoms with Crippen molar-refractivity contribution < 1.29 is 22.0 Å². The lowest BCUT2D eigenvalue weighted by Crippen LogP contribution is -2.43. The minimum Gasteiger partial charge on any atom is -0.320 e. The summed E-state index contributed by atoms with van der Waals surface area (Å²) in [6.07, 6.45) is 1.10. The molecule has 1 aromatic carbocycles. The summed E-state index contributed by atoms with van der Waals surface area (Å²) in [7, 11) is -3.29. The van der Waals surface area contributed by atoms with Gasteiger partial charge in [0.1, 0.15) is 17.3 Å². The third kappa shape index (κ3) is 4.75. The molecule has 21 heavy (non-hydrogen) atoms. The van der Waals surface area contributed by atoms with Gasteiger partial charge in [0.2, 0.25) is 5.91 Å². The van der Waals surface area contributed by atoms with Gasteiger partial charge in [-0.1, -0.05) is 6.07 Å². The number of carbonyl (C=O) groups is 1. The van der Waals surface area contributed by atoms with Crippen LogP contribution >= 0.6 is 0 Å². The molecule has 0 spiro atoms. The third-order valence-corrected chi connectivity index (χ3v) is 5.22. The van der Waals surface area contributed by atoms with Gasteiger partial charge in [-0.05, 0) is 26.0 Å². The number of amides is 1. The molecule has 0 fully saturated rings. The Bertz CT molecular complexity index is 610. The first kappa shape index (κ1) is 17.5. The number of halogens is 2. The minimum absolute atomic E-state index is 0.0407. The molecular weight excluding hydrogens is 302 g/mol. The lowest BCUT2D eigenvalue weighted by molar-refractivity contribution is -0.115. The third-order valence-electron chi connectivity index (χ3n) is 3.07. The largest absolute Gasteiger partial charge is 0.320 e. The maximum Gasteiger partial charge on any atom is 0.238 e. The van der Waals surface area contributed by atoms with E-state index in [9.17, 15) is 22.0 Å². The second kappa shape index (κ2) is 6.48. The molecule has 1 rings (SSSR count). The summed E-state index contributed by atoms with van der Waals surface area (Å²) in [6, 6.07) is 3.24. The topological polar surface area (TPSA) is 75.3 Å². The van der Waals surface area contributed by atoms with E-state index in [1.54, 1.807) is 0 Å². The molecule has 0 atom stereocenters. The zero-order valence-corrected chi connectivity index (χ0v) is 12.9. The van der Waals surface area contributed by atoms with E-state index in [1.807, 2.05) is 0 Å². The van der Waals surface area contributed by atoms with Crippen molar-refractivity contribution in [3.63, 3.8) is 0 Å². The second-order valence-corrected chi connectivity index (χ2v) is 7.93. The van der Waals surface area contributed by atoms with Gasteiger partial charge in [0.25, 0.3) is 0 Å². The van der Waals surface area contributed by atoms with Crippen molar-refractivity contribution in [1.29, 1.82) is 0 Å². The molecule has 0 heterocycles. The highest BCUT2D eigenvalue weighted by Gasteiger charge is 2.29. The van der Waals surface area contributed by atoms with Crippen LogP contribution in [0, 0.1) is 11.6 Å². The lowest BCUT2D eigenvalue weighted by atomic mass is 10.2. The Balaban J connectivity index is 2.57. The molecule has 0 saturated carbocycles. The van der Waals surface area contributed by atoms with Crippen LogP contribution in [0.4, 0.5) is 14.5 Å². The maximum absolute atomic E-state index is 13.3. The number of rotatable bonds is 6. The van der Waals surface area contributed by atoms with Gasteiger partial charge < -0.3 is 10.6 Å². The van der Waals surface area contributed by atoms with Crippen molar-refractivity contribution in [2.45, 2.75) is 18.6 Å². The fraction of sp³-hybridized carbons (Fsp3) is 0.462. The fourth-order valence-corrected chi connectivity index (χ4v) is 1.77. The van der Waals surface area contributed by atoms with Crippen LogP contribution in [0.3, 0.4) is 0 Å². The SMILES string of the molecule is CC(C)(CNCC(=O)Nc1c(F)cccc1F)S(C)(=O)=O. The van der Waals surface area contributed by atoms with Gasteiger partial charge in [-0.2, -0.15) is 0 Å². The summed E-state index contributed by atoms with van der Waals surface area (Å²) in [6.45, 7) is 2.82. The smallest absolute Gasteiger partial charge is 0.238 e. The molecule has 0 aliphatic carbocycles. The molecule has 0 bridgehead atoms. The predicted octanol–water partition coefficient (Wildman–Crippen LogP) is 1.32. The van der Waals surface area contributed by atoms with Gasteiger partial charge >= 0.3 is 0 Å². The number of carbonyl (C=O) groups excluding carboxylic acids is 1. The summed E-state index contributed by atoms with van der Waals surface area (Å²) >= 11 is 0. The van der Waals surface area contributed by atoms with Crippen molar-refractivity contribution in [3.05, 3.63) is 29.8 Å². The Morgan fingerprint density at radius 1 is 1.24 bits per heavy atom. The van der Waals surface area contributed by atoms with E-state index in [2.05, 4.69) is 10.6 Å². The monoisotopic (exact) mass is 320 g/mol. The van der Waals surface area contributed by atoms with Crippen LogP contribution in [0.2, 0.25) is 0 Å². The van der Waals surface area contributed by atoms with Crippen molar-refractivity contribution >= 4 is 21.4 Å². The number of anilines is 1. The van der Waals surface area contributed by atoms with Crippen LogP contribution in [-0.2, 0) is 14.6 Å². The number of hydrogen-bond donors (Lipinski definition) is 2. The van der Waals surface area contributed by atoms with Crippen LogP contribution < -0.4 is 10.6 Å². The van der Waals surface area contributed by atoms with Gasteiger partial charge in [-0.3, -0.25) is 4.79 Å². The first-order valence-electron chi connectivity index (χ1n) is 6.19. The number of sulfone groups is 1. The minimum atomic E-state index is -3.29. The number of nitrogens with one attached hydrogen (secondary N) is 2. The van der Waals surface area contributed by atoms with Gasteiger partial charge in [-0.15, -0.1) is 0 Å². The molecule has 5 nitrogen and oxygen atoms in total. The van der Waals surface area contributed by atoms with Gasteiger partial charge in [0.05, 0.1) is 11.3 Å². The Morgan fingerprint density at radius 3 is 2.24 bits per heavy atom. The zero-order chi connectivity index (χ0) is 16.3. The Hall–Kier alpha value is -1.54. The zero-order valence-electron chi connectivity index (χ0n) is 12.0. The van der Waals surface area contributed by atoms with Crippen LogP contribution in [0.1, 0.15) is 13.8 Å². The maximum atomic E-state index is 13.3. The van der Waals surface area contributed by atoms with Gasteiger partial charge in [0, 0.05) is 12.8 Å². The molecule has 0 aliphatic rings. The predicted molar refractivity (Wildman–Crippen MR) is 76.8 cm³/mol. The summed E-state index contributed by atoms with van der Waals surface area (Å²) < 4.78 is 48.5. The molecule has 0 aromatic heterocycles. The summed E-state index contributed by atoms with van der Waals surface area (Å²) in [5.74, 6) is -2.41. The Kier molecular flexibility index (Phi) is 5.41. The van der Waals surface area contributed by atoms with Crippen LogP contribution in [0.5, 0.6) is 0 Å². The lowest BCUT2D eigenvalue weighted by Gasteiger charge is -2.22. The fourth-order valence-electron chi connectivity index (χ4n) is 1.41. The van der Waals surface area contributed by atoms with Gasteiger partial charge in [0.15, 0.2) is 9.84 Å². The van der Waals surface area contributed by atoms with E-state index < -0.39 is 37.8 Å². The molecular formula is C13H18F2N2O3S. The van der Waals surface area contributed by atoms with Crippen LogP contribution in [0.25, 0.3) is 0 Å². The molecule has 0 radical (unpaired) electrons. The van der Waals surface area contributed by atoms with E-state index >= 15 is 0 Å². The quantitative estimate of drug-likeness (QED) is 0.829. The first-order chi connectivity index (χ1) is 9.54. The van der Waals surface area contributed by atoms with E-state index in [0.29, 0.717) is 0 Å². The van der Waals surface area contributed by atoms with Crippen molar-refractivity contribution in [1.82, 2.24) is 5.32 Å². The number of para-hydroxylation sites is 1. The normalized spacial score (nSPS) is 12.2. The summed E-state index contributed by atoms with van der Waals surface area (Å²) in [4.78, 5) is 11.6. The van der Waals surface area contributed by atoms with E-state index in [4.69, 9.17) is 0 Å². The Morgan fingerprint density at radius 2 is 1.76 bits per heavy atom. The van der Waals surface area contributed by atoms with E-state index in [-0.39, 0.29) is 13.1 Å². The molecule has 2 N–H and O–H groups in total. The average Bonchev–Trinajstić information content (AvgIpc) is 2.32. The second-order valence-electron chi connectivity index (χ2n) is 5.28. The molecule has 0 saturated heterocycles. The van der Waals surface area contributed by atoms with Crippen molar-refractivity contribution in [2.75, 3.05) is 24.7 Å². The molecule has 1 amide bonds. The molecule has 0 aliphatic heterocycles. The molecule has 118 valence electrons. The molecule has 1 aromatic rings. The highest BCUT2D eigenvalue weighted by molar-refractivity contribution is 7.92. The van der Waals surface area contributed by atoms with E-state index in [1.165, 1.54) is 19.9 Å². The van der Waals surface area contributed by atoms with E-state index in [0.717, 1.165) is 18.4 Å². The highest BCUT2D eigenvalue weighted by atomic mass is 32.2. The Labute approximate surface area is 122 Å². The number of benzene rings is 1. The number of hydrogen-bond acceptors (Lipinski definition) is 4. The average molecular weight is 320 g/mol. The van der Waals surface area contributed by atoms with Crippen LogP contribution in [0.15, 0.2) is 18.2 Å². The molecule has 0 unspecified atom stereocenters. The summed E-state index contributed by atoms with van der Waals surface area (Å²) in [5.41, 5.74) is -0.522. The first-order valence-corrected chi connectivity index (χ1v) is 8.08. The van der Waals surface area contributed by atoms with Crippen LogP contribution in [-0.4, -0.2) is 38.4 Å². The molecule has 8 heteroatoms. The summed E-state index contributed by atoms with van der Waals surface area (Å²) in [5, 5.41) is 4.76. The van der Waals surface area contributed by atoms with Crippen molar-refractivity contribution in [3.8, 4) is 0 Å². The van der Waals surface area contributed by atoms with Gasteiger partial charge in [-0.25, -0.2) is 17.2 Å². The highest BCUT2D eigenvalue weighted by Crippen LogP contribution is 2.17. The standard InChI is InChI=1S/C13H18F2N2O3S/c1-13(2,21(3,19)20)8-16-7-11(18)17-12-9(14)5-4-6-10(12)15/h4-6,16H,7-8H2,1-3H3,(H,17,18). The van der Waals surface area contributed by atoms with Crippen molar-refractivity contribution in [2.24, 2.45) is 0 Å².